The van der Waals surface area contributed by atoms with Crippen molar-refractivity contribution in [2.75, 3.05) is 18.6 Å². The molecule has 3 nitrogen and oxygen atoms in total. The number of allylic oxidation sites excluding steroid dienone is 1. The summed E-state index contributed by atoms with van der Waals surface area (Å²) in [5, 5.41) is 3.20. The van der Waals surface area contributed by atoms with Crippen molar-refractivity contribution in [3.8, 4) is 0 Å². The lowest BCUT2D eigenvalue weighted by molar-refractivity contribution is 0.412. The van der Waals surface area contributed by atoms with Gasteiger partial charge in [-0.05, 0) is 19.3 Å². The van der Waals surface area contributed by atoms with Crippen LogP contribution in [0, 0.1) is 5.92 Å². The molecular formula is C10H21NO2S. The third-order valence-corrected chi connectivity index (χ3v) is 3.28. The number of hydrogen-bond acceptors (Lipinski definition) is 3. The zero-order valence-corrected chi connectivity index (χ0v) is 10.1. The van der Waals surface area contributed by atoms with Crippen molar-refractivity contribution >= 4 is 9.84 Å². The zero-order chi connectivity index (χ0) is 11.2. The van der Waals surface area contributed by atoms with Gasteiger partial charge in [0.1, 0.15) is 9.84 Å². The highest BCUT2D eigenvalue weighted by molar-refractivity contribution is 7.90. The quantitative estimate of drug-likeness (QED) is 0.655. The van der Waals surface area contributed by atoms with Gasteiger partial charge in [0.15, 0.2) is 0 Å². The highest BCUT2D eigenvalue weighted by Crippen LogP contribution is 2.07. The van der Waals surface area contributed by atoms with Crippen molar-refractivity contribution in [3.05, 3.63) is 12.7 Å². The van der Waals surface area contributed by atoms with E-state index in [1.807, 2.05) is 6.08 Å². The van der Waals surface area contributed by atoms with Crippen LogP contribution in [0.5, 0.6) is 0 Å². The van der Waals surface area contributed by atoms with E-state index in [2.05, 4.69) is 25.7 Å². The standard InChI is InChI=1S/C10H21NO2S/c1-5-6-9(2)10(3)11-7-8-14(4,12)13/h5,9-11H,1,6-8H2,2-4H3/t9-,10-/m0/s1. The van der Waals surface area contributed by atoms with Crippen molar-refractivity contribution < 1.29 is 8.42 Å². The SMILES string of the molecule is C=CC[C@H](C)[C@H](C)NCCS(C)(=O)=O. The van der Waals surface area contributed by atoms with Gasteiger partial charge in [-0.15, -0.1) is 6.58 Å². The van der Waals surface area contributed by atoms with Gasteiger partial charge in [-0.25, -0.2) is 8.42 Å². The first-order valence-corrected chi connectivity index (χ1v) is 6.95. The maximum Gasteiger partial charge on any atom is 0.148 e. The van der Waals surface area contributed by atoms with Gasteiger partial charge in [0.05, 0.1) is 5.75 Å². The highest BCUT2D eigenvalue weighted by atomic mass is 32.2. The van der Waals surface area contributed by atoms with E-state index >= 15 is 0 Å². The second kappa shape index (κ2) is 6.19. The fraction of sp³-hybridized carbons (Fsp3) is 0.800. The van der Waals surface area contributed by atoms with Crippen molar-refractivity contribution in [3.63, 3.8) is 0 Å². The Bertz CT molecular complexity index is 259. The third-order valence-electron chi connectivity index (χ3n) is 2.33. The van der Waals surface area contributed by atoms with Crippen LogP contribution in [0.15, 0.2) is 12.7 Å². The van der Waals surface area contributed by atoms with Crippen molar-refractivity contribution in [2.24, 2.45) is 5.92 Å². The summed E-state index contributed by atoms with van der Waals surface area (Å²) in [4.78, 5) is 0. The molecule has 0 spiro atoms. The molecule has 0 aliphatic heterocycles. The Kier molecular flexibility index (Phi) is 6.04. The average Bonchev–Trinajstić information content (AvgIpc) is 2.02. The number of sulfone groups is 1. The molecule has 0 heterocycles. The van der Waals surface area contributed by atoms with Gasteiger partial charge in [0.2, 0.25) is 0 Å². The Hall–Kier alpha value is -0.350. The van der Waals surface area contributed by atoms with Gasteiger partial charge in [-0.2, -0.15) is 0 Å². The molecule has 14 heavy (non-hydrogen) atoms. The van der Waals surface area contributed by atoms with Crippen LogP contribution in [0.25, 0.3) is 0 Å². The number of hydrogen-bond donors (Lipinski definition) is 1. The van der Waals surface area contributed by atoms with E-state index in [-0.39, 0.29) is 5.75 Å². The molecule has 0 amide bonds. The Morgan fingerprint density at radius 1 is 1.43 bits per heavy atom. The first-order chi connectivity index (χ1) is 6.37. The average molecular weight is 219 g/mol. The fourth-order valence-corrected chi connectivity index (χ4v) is 1.63. The van der Waals surface area contributed by atoms with Gasteiger partial charge in [-0.3, -0.25) is 0 Å². The van der Waals surface area contributed by atoms with Crippen LogP contribution in [-0.2, 0) is 9.84 Å². The molecular weight excluding hydrogens is 198 g/mol. The van der Waals surface area contributed by atoms with Crippen LogP contribution in [0.4, 0.5) is 0 Å². The van der Waals surface area contributed by atoms with Crippen LogP contribution < -0.4 is 5.32 Å². The van der Waals surface area contributed by atoms with Crippen LogP contribution in [-0.4, -0.2) is 33.0 Å². The zero-order valence-electron chi connectivity index (χ0n) is 9.29. The first kappa shape index (κ1) is 13.7. The summed E-state index contributed by atoms with van der Waals surface area (Å²) < 4.78 is 21.7. The van der Waals surface area contributed by atoms with Crippen molar-refractivity contribution in [2.45, 2.75) is 26.3 Å². The summed E-state index contributed by atoms with van der Waals surface area (Å²) in [5.41, 5.74) is 0. The lowest BCUT2D eigenvalue weighted by Crippen LogP contribution is -2.35. The third kappa shape index (κ3) is 7.09. The van der Waals surface area contributed by atoms with E-state index in [0.717, 1.165) is 6.42 Å². The summed E-state index contributed by atoms with van der Waals surface area (Å²) >= 11 is 0. The number of nitrogens with one attached hydrogen (secondary N) is 1. The Balaban J connectivity index is 3.73. The Morgan fingerprint density at radius 3 is 2.43 bits per heavy atom. The molecule has 0 aliphatic rings. The van der Waals surface area contributed by atoms with Crippen LogP contribution in [0.3, 0.4) is 0 Å². The largest absolute Gasteiger partial charge is 0.313 e. The molecule has 0 aromatic heterocycles. The molecule has 0 bridgehead atoms. The summed E-state index contributed by atoms with van der Waals surface area (Å²) in [6.07, 6.45) is 4.10. The van der Waals surface area contributed by atoms with E-state index in [0.29, 0.717) is 18.5 Å². The maximum atomic E-state index is 10.9. The molecule has 0 aromatic carbocycles. The molecule has 0 saturated heterocycles. The molecule has 0 aliphatic carbocycles. The van der Waals surface area contributed by atoms with E-state index in [9.17, 15) is 8.42 Å². The second-order valence-electron chi connectivity index (χ2n) is 3.87. The molecule has 0 radical (unpaired) electrons. The molecule has 0 unspecified atom stereocenters. The predicted octanol–water partition coefficient (Wildman–Crippen LogP) is 1.22. The lowest BCUT2D eigenvalue weighted by Gasteiger charge is -2.19. The van der Waals surface area contributed by atoms with Crippen LogP contribution in [0.1, 0.15) is 20.3 Å². The minimum Gasteiger partial charge on any atom is -0.313 e. The van der Waals surface area contributed by atoms with E-state index in [1.165, 1.54) is 6.26 Å². The summed E-state index contributed by atoms with van der Waals surface area (Å²) in [6.45, 7) is 8.40. The second-order valence-corrected chi connectivity index (χ2v) is 6.13. The summed E-state index contributed by atoms with van der Waals surface area (Å²) in [7, 11) is -2.84. The van der Waals surface area contributed by atoms with Gasteiger partial charge < -0.3 is 5.32 Å². The number of rotatable bonds is 7. The Labute approximate surface area is 87.5 Å². The topological polar surface area (TPSA) is 46.2 Å². The first-order valence-electron chi connectivity index (χ1n) is 4.89. The molecule has 0 fully saturated rings. The van der Waals surface area contributed by atoms with Crippen LogP contribution in [0.2, 0.25) is 0 Å². The van der Waals surface area contributed by atoms with Crippen molar-refractivity contribution in [1.82, 2.24) is 5.32 Å². The maximum absolute atomic E-state index is 10.9. The lowest BCUT2D eigenvalue weighted by atomic mass is 10.0. The molecule has 1 N–H and O–H groups in total. The molecule has 0 aromatic rings. The molecule has 4 heteroatoms. The fourth-order valence-electron chi connectivity index (χ4n) is 1.14. The molecule has 0 rings (SSSR count). The minimum atomic E-state index is -2.84. The van der Waals surface area contributed by atoms with E-state index in [4.69, 9.17) is 0 Å². The molecule has 0 saturated carbocycles. The molecule has 2 atom stereocenters. The van der Waals surface area contributed by atoms with Gasteiger partial charge in [0, 0.05) is 18.8 Å². The molecule has 84 valence electrons. The predicted molar refractivity (Wildman–Crippen MR) is 61.2 cm³/mol. The van der Waals surface area contributed by atoms with Gasteiger partial charge >= 0.3 is 0 Å². The van der Waals surface area contributed by atoms with Gasteiger partial charge in [0.25, 0.3) is 0 Å². The smallest absolute Gasteiger partial charge is 0.148 e. The monoisotopic (exact) mass is 219 g/mol. The van der Waals surface area contributed by atoms with Crippen molar-refractivity contribution in [1.29, 1.82) is 0 Å². The van der Waals surface area contributed by atoms with E-state index in [1.54, 1.807) is 0 Å². The van der Waals surface area contributed by atoms with E-state index < -0.39 is 9.84 Å². The highest BCUT2D eigenvalue weighted by Gasteiger charge is 2.10. The normalized spacial score (nSPS) is 16.2. The minimum absolute atomic E-state index is 0.206. The summed E-state index contributed by atoms with van der Waals surface area (Å²) in [6, 6.07) is 0.328. The van der Waals surface area contributed by atoms with Gasteiger partial charge in [-0.1, -0.05) is 13.0 Å². The summed E-state index contributed by atoms with van der Waals surface area (Å²) in [5.74, 6) is 0.699. The Morgan fingerprint density at radius 2 is 2.00 bits per heavy atom. The van der Waals surface area contributed by atoms with Crippen LogP contribution >= 0.6 is 0 Å².